The molecule has 1 atom stereocenters. The minimum Gasteiger partial charge on any atom is -0.366 e. The molecule has 0 bridgehead atoms. The number of amides is 2. The van der Waals surface area contributed by atoms with Crippen LogP contribution in [-0.2, 0) is 4.79 Å². The zero-order valence-electron chi connectivity index (χ0n) is 9.44. The molecule has 1 rings (SSSR count). The lowest BCUT2D eigenvalue weighted by Gasteiger charge is -2.10. The fraction of sp³-hybridized carbons (Fsp3) is 0.167. The number of halogens is 1. The molecule has 1 unspecified atom stereocenters. The van der Waals surface area contributed by atoms with Crippen molar-refractivity contribution in [1.82, 2.24) is 0 Å². The largest absolute Gasteiger partial charge is 0.366 e. The summed E-state index contributed by atoms with van der Waals surface area (Å²) in [6.07, 6.45) is 5.19. The van der Waals surface area contributed by atoms with E-state index in [1.165, 1.54) is 18.2 Å². The average molecular weight is 266 g/mol. The van der Waals surface area contributed by atoms with Gasteiger partial charge in [-0.25, -0.2) is 0 Å². The molecule has 0 saturated heterocycles. The predicted molar refractivity (Wildman–Crippen MR) is 70.0 cm³/mol. The Kier molecular flexibility index (Phi) is 4.72. The van der Waals surface area contributed by atoms with Crippen molar-refractivity contribution in [3.05, 3.63) is 28.8 Å². The van der Waals surface area contributed by atoms with Crippen LogP contribution in [0.1, 0.15) is 16.8 Å². The van der Waals surface area contributed by atoms with Gasteiger partial charge in [0, 0.05) is 12.1 Å². The Balaban J connectivity index is 2.81. The fourth-order valence-electron chi connectivity index (χ4n) is 1.25. The maximum Gasteiger partial charge on any atom is 0.250 e. The van der Waals surface area contributed by atoms with E-state index in [0.29, 0.717) is 5.69 Å². The number of hydrogen-bond donors (Lipinski definition) is 3. The number of primary amides is 1. The summed E-state index contributed by atoms with van der Waals surface area (Å²) in [5.41, 5.74) is 11.2. The van der Waals surface area contributed by atoms with Crippen LogP contribution in [0.25, 0.3) is 0 Å². The highest BCUT2D eigenvalue weighted by Gasteiger charge is 2.13. The van der Waals surface area contributed by atoms with Crippen LogP contribution in [0, 0.1) is 12.3 Å². The van der Waals surface area contributed by atoms with E-state index in [9.17, 15) is 9.59 Å². The van der Waals surface area contributed by atoms with Gasteiger partial charge in [-0.3, -0.25) is 9.59 Å². The minimum atomic E-state index is -0.787. The number of carbonyl (C=O) groups is 2. The number of nitrogens with two attached hydrogens (primary N) is 2. The highest BCUT2D eigenvalue weighted by molar-refractivity contribution is 6.34. The molecule has 0 aliphatic rings. The standard InChI is InChI=1S/C12H12ClN3O2/c1-2-3-10(14)12(18)16-7-4-5-8(11(15)17)9(13)6-7/h1,4-6,10H,3,14H2,(H2,15,17)(H,16,18). The smallest absolute Gasteiger partial charge is 0.250 e. The average Bonchev–Trinajstić information content (AvgIpc) is 2.28. The van der Waals surface area contributed by atoms with Crippen LogP contribution in [0.15, 0.2) is 18.2 Å². The van der Waals surface area contributed by atoms with Gasteiger partial charge >= 0.3 is 0 Å². The summed E-state index contributed by atoms with van der Waals surface area (Å²) < 4.78 is 0. The number of rotatable bonds is 4. The Labute approximate surface area is 109 Å². The van der Waals surface area contributed by atoms with Crippen LogP contribution in [0.3, 0.4) is 0 Å². The SMILES string of the molecule is C#CCC(N)C(=O)Nc1ccc(C(N)=O)c(Cl)c1. The topological polar surface area (TPSA) is 98.2 Å². The van der Waals surface area contributed by atoms with Gasteiger partial charge in [-0.1, -0.05) is 11.6 Å². The molecule has 0 fully saturated rings. The lowest BCUT2D eigenvalue weighted by atomic mass is 10.1. The Morgan fingerprint density at radius 1 is 1.50 bits per heavy atom. The van der Waals surface area contributed by atoms with Gasteiger partial charge in [0.25, 0.3) is 0 Å². The van der Waals surface area contributed by atoms with Crippen LogP contribution in [0.5, 0.6) is 0 Å². The summed E-state index contributed by atoms with van der Waals surface area (Å²) in [6.45, 7) is 0. The van der Waals surface area contributed by atoms with Crippen molar-refractivity contribution in [3.8, 4) is 12.3 Å². The third kappa shape index (κ3) is 3.48. The number of carbonyl (C=O) groups excluding carboxylic acids is 2. The van der Waals surface area contributed by atoms with Crippen molar-refractivity contribution < 1.29 is 9.59 Å². The van der Waals surface area contributed by atoms with Gasteiger partial charge in [0.15, 0.2) is 0 Å². The Hall–Kier alpha value is -2.03. The quantitative estimate of drug-likeness (QED) is 0.700. The van der Waals surface area contributed by atoms with Gasteiger partial charge in [0.05, 0.1) is 16.6 Å². The molecule has 1 aromatic carbocycles. The number of benzene rings is 1. The maximum atomic E-state index is 11.6. The summed E-state index contributed by atoms with van der Waals surface area (Å²) >= 11 is 5.83. The number of anilines is 1. The van der Waals surface area contributed by atoms with Gasteiger partial charge in [-0.2, -0.15) is 0 Å². The van der Waals surface area contributed by atoms with Gasteiger partial charge in [-0.05, 0) is 18.2 Å². The van der Waals surface area contributed by atoms with Crippen molar-refractivity contribution in [2.45, 2.75) is 12.5 Å². The van der Waals surface area contributed by atoms with Crippen LogP contribution >= 0.6 is 11.6 Å². The van der Waals surface area contributed by atoms with Gasteiger partial charge in [-0.15, -0.1) is 12.3 Å². The molecule has 18 heavy (non-hydrogen) atoms. The van der Waals surface area contributed by atoms with Gasteiger partial charge in [0.2, 0.25) is 11.8 Å². The van der Waals surface area contributed by atoms with E-state index in [4.69, 9.17) is 29.5 Å². The summed E-state index contributed by atoms with van der Waals surface area (Å²) in [5.74, 6) is 1.24. The third-order valence-electron chi connectivity index (χ3n) is 2.18. The second-order valence-corrected chi connectivity index (χ2v) is 3.97. The molecule has 0 aromatic heterocycles. The first kappa shape index (κ1) is 14.0. The molecule has 2 amide bonds. The lowest BCUT2D eigenvalue weighted by Crippen LogP contribution is -2.35. The first-order chi connectivity index (χ1) is 8.45. The van der Waals surface area contributed by atoms with Crippen molar-refractivity contribution in [2.24, 2.45) is 11.5 Å². The molecule has 0 aliphatic heterocycles. The first-order valence-electron chi connectivity index (χ1n) is 5.05. The summed E-state index contributed by atoms with van der Waals surface area (Å²) in [4.78, 5) is 22.5. The number of nitrogens with one attached hydrogen (secondary N) is 1. The Morgan fingerprint density at radius 3 is 2.67 bits per heavy atom. The summed E-state index contributed by atoms with van der Waals surface area (Å²) in [6, 6.07) is 3.56. The zero-order valence-corrected chi connectivity index (χ0v) is 10.2. The molecule has 0 saturated carbocycles. The van der Waals surface area contributed by atoms with Gasteiger partial charge < -0.3 is 16.8 Å². The molecule has 0 spiro atoms. The van der Waals surface area contributed by atoms with E-state index in [2.05, 4.69) is 11.2 Å². The van der Waals surface area contributed by atoms with Crippen LogP contribution in [0.2, 0.25) is 5.02 Å². The molecular formula is C12H12ClN3O2. The second-order valence-electron chi connectivity index (χ2n) is 3.56. The number of hydrogen-bond acceptors (Lipinski definition) is 3. The molecule has 94 valence electrons. The van der Waals surface area contributed by atoms with Crippen LogP contribution < -0.4 is 16.8 Å². The van der Waals surface area contributed by atoms with E-state index in [-0.39, 0.29) is 17.0 Å². The van der Waals surface area contributed by atoms with Crippen LogP contribution in [-0.4, -0.2) is 17.9 Å². The first-order valence-corrected chi connectivity index (χ1v) is 5.42. The molecule has 6 heteroatoms. The van der Waals surface area contributed by atoms with Crippen molar-refractivity contribution in [3.63, 3.8) is 0 Å². The molecular weight excluding hydrogens is 254 g/mol. The summed E-state index contributed by atoms with van der Waals surface area (Å²) in [5, 5.41) is 2.70. The minimum absolute atomic E-state index is 0.138. The van der Waals surface area contributed by atoms with Gasteiger partial charge in [0.1, 0.15) is 0 Å². The molecule has 0 heterocycles. The van der Waals surface area contributed by atoms with E-state index < -0.39 is 17.9 Å². The normalized spacial score (nSPS) is 11.4. The van der Waals surface area contributed by atoms with Crippen molar-refractivity contribution in [2.75, 3.05) is 5.32 Å². The summed E-state index contributed by atoms with van der Waals surface area (Å²) in [7, 11) is 0. The van der Waals surface area contributed by atoms with E-state index in [0.717, 1.165) is 0 Å². The fourth-order valence-corrected chi connectivity index (χ4v) is 1.52. The Bertz CT molecular complexity index is 523. The number of terminal acetylenes is 1. The Morgan fingerprint density at radius 2 is 2.17 bits per heavy atom. The highest BCUT2D eigenvalue weighted by Crippen LogP contribution is 2.20. The maximum absolute atomic E-state index is 11.6. The molecule has 0 radical (unpaired) electrons. The zero-order chi connectivity index (χ0) is 13.7. The lowest BCUT2D eigenvalue weighted by molar-refractivity contribution is -0.117. The molecule has 5 N–H and O–H groups in total. The van der Waals surface area contributed by atoms with E-state index in [1.807, 2.05) is 0 Å². The van der Waals surface area contributed by atoms with E-state index in [1.54, 1.807) is 0 Å². The van der Waals surface area contributed by atoms with Crippen molar-refractivity contribution >= 4 is 29.1 Å². The second kappa shape index (κ2) is 6.05. The molecule has 5 nitrogen and oxygen atoms in total. The molecule has 0 aliphatic carbocycles. The van der Waals surface area contributed by atoms with Crippen molar-refractivity contribution in [1.29, 1.82) is 0 Å². The third-order valence-corrected chi connectivity index (χ3v) is 2.49. The van der Waals surface area contributed by atoms with E-state index >= 15 is 0 Å². The van der Waals surface area contributed by atoms with Crippen LogP contribution in [0.4, 0.5) is 5.69 Å². The monoisotopic (exact) mass is 265 g/mol. The molecule has 1 aromatic rings. The highest BCUT2D eigenvalue weighted by atomic mass is 35.5. The predicted octanol–water partition coefficient (Wildman–Crippen LogP) is 0.728.